The van der Waals surface area contributed by atoms with Crippen LogP contribution in [0.4, 0.5) is 0 Å². The van der Waals surface area contributed by atoms with E-state index in [4.69, 9.17) is 16.3 Å². The number of nitrogens with zero attached hydrogens (tertiary/aromatic N) is 2. The molecule has 1 heterocycles. The lowest BCUT2D eigenvalue weighted by Crippen LogP contribution is -2.52. The van der Waals surface area contributed by atoms with E-state index >= 15 is 0 Å². The van der Waals surface area contributed by atoms with Crippen molar-refractivity contribution in [2.45, 2.75) is 63.5 Å². The number of aromatic nitrogens is 2. The summed E-state index contributed by atoms with van der Waals surface area (Å²) in [5.41, 5.74) is 2.07. The maximum absolute atomic E-state index is 6.41. The fourth-order valence-electron chi connectivity index (χ4n) is 3.68. The molecule has 1 saturated carbocycles. The van der Waals surface area contributed by atoms with Gasteiger partial charge in [0.1, 0.15) is 5.15 Å². The van der Waals surface area contributed by atoms with Gasteiger partial charge in [-0.05, 0) is 33.2 Å². The molecule has 120 valence electrons. The van der Waals surface area contributed by atoms with Gasteiger partial charge in [-0.1, -0.05) is 37.3 Å². The van der Waals surface area contributed by atoms with Crippen molar-refractivity contribution in [1.29, 1.82) is 0 Å². The molecule has 0 spiro atoms. The van der Waals surface area contributed by atoms with Gasteiger partial charge < -0.3 is 10.1 Å². The first-order valence-corrected chi connectivity index (χ1v) is 8.32. The topological polar surface area (TPSA) is 39.1 Å². The number of ether oxygens (including phenoxy) is 1. The summed E-state index contributed by atoms with van der Waals surface area (Å²) < 4.78 is 7.79. The number of hydrogen-bond acceptors (Lipinski definition) is 3. The molecule has 1 atom stereocenters. The second kappa shape index (κ2) is 7.12. The zero-order valence-electron chi connectivity index (χ0n) is 13.7. The lowest BCUT2D eigenvalue weighted by Gasteiger charge is -2.39. The third kappa shape index (κ3) is 3.43. The van der Waals surface area contributed by atoms with Gasteiger partial charge in [0, 0.05) is 25.8 Å². The molecule has 2 rings (SSSR count). The van der Waals surface area contributed by atoms with Crippen molar-refractivity contribution in [2.24, 2.45) is 7.05 Å². The molecule has 1 unspecified atom stereocenters. The molecular weight excluding hydrogens is 286 g/mol. The molecule has 0 aliphatic heterocycles. The van der Waals surface area contributed by atoms with Crippen molar-refractivity contribution in [3.8, 4) is 0 Å². The van der Waals surface area contributed by atoms with Crippen molar-refractivity contribution >= 4 is 11.6 Å². The smallest absolute Gasteiger partial charge is 0.130 e. The van der Waals surface area contributed by atoms with Gasteiger partial charge in [0.25, 0.3) is 0 Å². The summed E-state index contributed by atoms with van der Waals surface area (Å²) in [6, 6.07) is 0.265. The molecule has 0 aromatic carbocycles. The Labute approximate surface area is 133 Å². The van der Waals surface area contributed by atoms with Crippen molar-refractivity contribution in [3.63, 3.8) is 0 Å². The fourth-order valence-corrected chi connectivity index (χ4v) is 3.93. The van der Waals surface area contributed by atoms with Crippen molar-refractivity contribution < 1.29 is 4.74 Å². The Bertz CT molecular complexity index is 464. The second-order valence-electron chi connectivity index (χ2n) is 6.21. The average molecular weight is 314 g/mol. The van der Waals surface area contributed by atoms with Crippen LogP contribution in [0, 0.1) is 6.92 Å². The summed E-state index contributed by atoms with van der Waals surface area (Å²) in [6.07, 6.45) is 8.21. The third-order valence-corrected chi connectivity index (χ3v) is 5.49. The predicted octanol–water partition coefficient (Wildman–Crippen LogP) is 3.25. The maximum atomic E-state index is 6.41. The summed E-state index contributed by atoms with van der Waals surface area (Å²) in [5.74, 6) is 0. The molecule has 0 amide bonds. The molecule has 4 nitrogen and oxygen atoms in total. The summed E-state index contributed by atoms with van der Waals surface area (Å²) >= 11 is 6.41. The van der Waals surface area contributed by atoms with E-state index < -0.39 is 0 Å². The lowest BCUT2D eigenvalue weighted by molar-refractivity contribution is -0.0509. The van der Waals surface area contributed by atoms with Crippen LogP contribution in [0.3, 0.4) is 0 Å². The lowest BCUT2D eigenvalue weighted by atomic mass is 9.83. The van der Waals surface area contributed by atoms with Gasteiger partial charge in [-0.3, -0.25) is 4.68 Å². The molecule has 1 fully saturated rings. The normalized spacial score (nSPS) is 20.2. The number of rotatable bonds is 5. The van der Waals surface area contributed by atoms with Gasteiger partial charge >= 0.3 is 0 Å². The van der Waals surface area contributed by atoms with Gasteiger partial charge in [-0.2, -0.15) is 5.10 Å². The van der Waals surface area contributed by atoms with Gasteiger partial charge in [0.15, 0.2) is 0 Å². The van der Waals surface area contributed by atoms with Crippen LogP contribution in [0.2, 0.25) is 5.15 Å². The van der Waals surface area contributed by atoms with Crippen molar-refractivity contribution in [2.75, 3.05) is 14.2 Å². The molecule has 0 bridgehead atoms. The van der Waals surface area contributed by atoms with Crippen LogP contribution < -0.4 is 5.32 Å². The number of aryl methyl sites for hydroxylation is 2. The van der Waals surface area contributed by atoms with E-state index in [0.29, 0.717) is 0 Å². The molecule has 1 aromatic heterocycles. The average Bonchev–Trinajstić information content (AvgIpc) is 2.67. The molecule has 0 radical (unpaired) electrons. The molecule has 0 saturated heterocycles. The minimum Gasteiger partial charge on any atom is -0.377 e. The van der Waals surface area contributed by atoms with E-state index in [0.717, 1.165) is 35.7 Å². The van der Waals surface area contributed by atoms with E-state index in [-0.39, 0.29) is 11.6 Å². The van der Waals surface area contributed by atoms with E-state index in [1.165, 1.54) is 25.7 Å². The Hall–Kier alpha value is -0.580. The van der Waals surface area contributed by atoms with E-state index in [1.807, 2.05) is 28.1 Å². The highest BCUT2D eigenvalue weighted by Crippen LogP contribution is 2.35. The van der Waals surface area contributed by atoms with Crippen LogP contribution in [0.1, 0.15) is 49.8 Å². The fraction of sp³-hybridized carbons (Fsp3) is 0.812. The first-order valence-electron chi connectivity index (χ1n) is 7.94. The van der Waals surface area contributed by atoms with Crippen LogP contribution in [0.25, 0.3) is 0 Å². The maximum Gasteiger partial charge on any atom is 0.130 e. The van der Waals surface area contributed by atoms with E-state index in [1.54, 1.807) is 4.68 Å². The minimum atomic E-state index is -0.0864. The number of methoxy groups -OCH3 is 1. The summed E-state index contributed by atoms with van der Waals surface area (Å²) in [7, 11) is 5.77. The zero-order chi connectivity index (χ0) is 15.5. The summed E-state index contributed by atoms with van der Waals surface area (Å²) in [4.78, 5) is 0. The van der Waals surface area contributed by atoms with Crippen LogP contribution in [0.5, 0.6) is 0 Å². The summed E-state index contributed by atoms with van der Waals surface area (Å²) in [6.45, 7) is 2.03. The van der Waals surface area contributed by atoms with Crippen LogP contribution in [-0.4, -0.2) is 35.6 Å². The number of hydrogen-bond donors (Lipinski definition) is 1. The van der Waals surface area contributed by atoms with Gasteiger partial charge in [0.2, 0.25) is 0 Å². The number of halogens is 1. The highest BCUT2D eigenvalue weighted by molar-refractivity contribution is 6.30. The molecule has 1 N–H and O–H groups in total. The Balaban J connectivity index is 2.24. The zero-order valence-corrected chi connectivity index (χ0v) is 14.5. The van der Waals surface area contributed by atoms with E-state index in [2.05, 4.69) is 10.4 Å². The SMILES string of the molecule is CNC(Cc1c(C)nn(C)c1Cl)C1(OC)CCCCCC1. The Morgan fingerprint density at radius 2 is 1.95 bits per heavy atom. The van der Waals surface area contributed by atoms with Crippen molar-refractivity contribution in [3.05, 3.63) is 16.4 Å². The quantitative estimate of drug-likeness (QED) is 0.848. The van der Waals surface area contributed by atoms with Gasteiger partial charge in [-0.15, -0.1) is 0 Å². The van der Waals surface area contributed by atoms with Crippen molar-refractivity contribution in [1.82, 2.24) is 15.1 Å². The number of nitrogens with one attached hydrogen (secondary N) is 1. The second-order valence-corrected chi connectivity index (χ2v) is 6.56. The molecule has 1 aromatic rings. The molecule has 21 heavy (non-hydrogen) atoms. The van der Waals surface area contributed by atoms with Crippen LogP contribution in [-0.2, 0) is 18.2 Å². The molecule has 5 heteroatoms. The Morgan fingerprint density at radius 3 is 2.38 bits per heavy atom. The monoisotopic (exact) mass is 313 g/mol. The molecule has 1 aliphatic carbocycles. The largest absolute Gasteiger partial charge is 0.377 e. The van der Waals surface area contributed by atoms with E-state index in [9.17, 15) is 0 Å². The summed E-state index contributed by atoms with van der Waals surface area (Å²) in [5, 5.41) is 8.65. The third-order valence-electron chi connectivity index (χ3n) is 5.02. The Kier molecular flexibility index (Phi) is 5.69. The number of likely N-dealkylation sites (N-methyl/N-ethyl adjacent to an activating group) is 1. The molecular formula is C16H28ClN3O. The van der Waals surface area contributed by atoms with Gasteiger partial charge in [-0.25, -0.2) is 0 Å². The standard InChI is InChI=1S/C16H28ClN3O/c1-12-13(15(17)20(3)19-12)11-14(18-2)16(21-4)9-7-5-6-8-10-16/h14,18H,5-11H2,1-4H3. The predicted molar refractivity (Wildman–Crippen MR) is 86.9 cm³/mol. The Morgan fingerprint density at radius 1 is 1.33 bits per heavy atom. The van der Waals surface area contributed by atoms with Gasteiger partial charge in [0.05, 0.1) is 11.3 Å². The highest BCUT2D eigenvalue weighted by atomic mass is 35.5. The van der Waals surface area contributed by atoms with Crippen LogP contribution in [0.15, 0.2) is 0 Å². The minimum absolute atomic E-state index is 0.0864. The molecule has 1 aliphatic rings. The first-order chi connectivity index (χ1) is 10.0. The highest BCUT2D eigenvalue weighted by Gasteiger charge is 2.39. The first kappa shape index (κ1) is 16.8. The van der Waals surface area contributed by atoms with Crippen LogP contribution >= 0.6 is 11.6 Å².